The maximum Gasteiger partial charge on any atom is 0.230 e. The van der Waals surface area contributed by atoms with Crippen LogP contribution < -0.4 is 5.32 Å². The molecule has 150 valence electrons. The molecule has 2 aromatic rings. The van der Waals surface area contributed by atoms with E-state index >= 15 is 0 Å². The number of aryl methyl sites for hydroxylation is 1. The first kappa shape index (κ1) is 18.6. The van der Waals surface area contributed by atoms with Crippen LogP contribution in [0.4, 0.5) is 5.69 Å². The van der Waals surface area contributed by atoms with Gasteiger partial charge in [0.25, 0.3) is 0 Å². The summed E-state index contributed by atoms with van der Waals surface area (Å²) < 4.78 is 0. The molecule has 29 heavy (non-hydrogen) atoms. The average Bonchev–Trinajstić information content (AvgIpc) is 2.68. The van der Waals surface area contributed by atoms with Gasteiger partial charge in [-0.05, 0) is 99.5 Å². The zero-order valence-electron chi connectivity index (χ0n) is 17.3. The highest BCUT2D eigenvalue weighted by atomic mass is 16.2. The quantitative estimate of drug-likeness (QED) is 0.687. The van der Waals surface area contributed by atoms with Gasteiger partial charge in [-0.1, -0.05) is 29.8 Å². The summed E-state index contributed by atoms with van der Waals surface area (Å²) in [6.45, 7) is 3.70. The summed E-state index contributed by atoms with van der Waals surface area (Å²) in [6, 6.07) is 16.3. The maximum atomic E-state index is 13.5. The fourth-order valence-corrected chi connectivity index (χ4v) is 6.83. The predicted octanol–water partition coefficient (Wildman–Crippen LogP) is 5.67. The zero-order chi connectivity index (χ0) is 20.2. The van der Waals surface area contributed by atoms with Gasteiger partial charge < -0.3 is 5.32 Å². The Morgan fingerprint density at radius 3 is 2.10 bits per heavy atom. The van der Waals surface area contributed by atoms with Crippen LogP contribution in [0.15, 0.2) is 48.5 Å². The van der Waals surface area contributed by atoms with Crippen LogP contribution >= 0.6 is 0 Å². The number of hydrogen-bond acceptors (Lipinski definition) is 2. The Morgan fingerprint density at radius 2 is 1.52 bits per heavy atom. The molecule has 0 spiro atoms. The SMILES string of the molecule is CC(=O)c1ccc(NC(=O)C23C[C@H]4C[C@@H](C2)CC(c2ccc(C)cc2)(C4)C3)cc1. The van der Waals surface area contributed by atoms with Crippen molar-refractivity contribution in [3.05, 3.63) is 65.2 Å². The summed E-state index contributed by atoms with van der Waals surface area (Å²) in [5.41, 5.74) is 4.10. The van der Waals surface area contributed by atoms with Gasteiger partial charge in [0.2, 0.25) is 5.91 Å². The highest BCUT2D eigenvalue weighted by Crippen LogP contribution is 2.66. The molecule has 0 aliphatic heterocycles. The Balaban J connectivity index is 1.43. The van der Waals surface area contributed by atoms with Gasteiger partial charge in [-0.25, -0.2) is 0 Å². The standard InChI is InChI=1S/C26H29NO2/c1-17-3-7-22(8-4-17)25-12-19-11-20(13-25)15-26(14-19,16-25)24(29)27-23-9-5-21(6-10-23)18(2)28/h3-10,19-20H,11-16H2,1-2H3,(H,27,29)/t19-,20+,25?,26?. The monoisotopic (exact) mass is 387 g/mol. The van der Waals surface area contributed by atoms with Gasteiger partial charge >= 0.3 is 0 Å². The van der Waals surface area contributed by atoms with Crippen LogP contribution in [-0.2, 0) is 10.2 Å². The summed E-state index contributed by atoms with van der Waals surface area (Å²) >= 11 is 0. The molecule has 4 atom stereocenters. The Kier molecular flexibility index (Phi) is 4.20. The molecule has 0 aromatic heterocycles. The van der Waals surface area contributed by atoms with E-state index in [4.69, 9.17) is 0 Å². The highest BCUT2D eigenvalue weighted by Gasteiger charge is 2.60. The fraction of sp³-hybridized carbons (Fsp3) is 0.462. The topological polar surface area (TPSA) is 46.2 Å². The largest absolute Gasteiger partial charge is 0.326 e. The van der Waals surface area contributed by atoms with Crippen molar-refractivity contribution in [3.8, 4) is 0 Å². The highest BCUT2D eigenvalue weighted by molar-refractivity contribution is 5.97. The second-order valence-corrected chi connectivity index (χ2v) is 9.98. The second-order valence-electron chi connectivity index (χ2n) is 9.98. The van der Waals surface area contributed by atoms with E-state index in [0.717, 1.165) is 24.9 Å². The van der Waals surface area contributed by atoms with E-state index in [-0.39, 0.29) is 22.5 Å². The van der Waals surface area contributed by atoms with Gasteiger partial charge in [-0.15, -0.1) is 0 Å². The Morgan fingerprint density at radius 1 is 0.897 bits per heavy atom. The second kappa shape index (κ2) is 6.55. The van der Waals surface area contributed by atoms with Crippen molar-refractivity contribution in [3.63, 3.8) is 0 Å². The number of hydrogen-bond donors (Lipinski definition) is 1. The van der Waals surface area contributed by atoms with E-state index in [2.05, 4.69) is 36.5 Å². The first-order chi connectivity index (χ1) is 13.9. The van der Waals surface area contributed by atoms with E-state index in [0.29, 0.717) is 17.4 Å². The first-order valence-corrected chi connectivity index (χ1v) is 10.9. The molecule has 4 bridgehead atoms. The van der Waals surface area contributed by atoms with Gasteiger partial charge in [0.1, 0.15) is 0 Å². The van der Waals surface area contributed by atoms with Crippen molar-refractivity contribution in [2.45, 2.75) is 57.8 Å². The Bertz CT molecular complexity index is 943. The van der Waals surface area contributed by atoms with Crippen LogP contribution in [0.25, 0.3) is 0 Å². The number of rotatable bonds is 4. The van der Waals surface area contributed by atoms with Crippen molar-refractivity contribution in [1.82, 2.24) is 0 Å². The number of ketones is 1. The molecule has 4 aliphatic carbocycles. The lowest BCUT2D eigenvalue weighted by atomic mass is 9.42. The fourth-order valence-electron chi connectivity index (χ4n) is 6.83. The van der Waals surface area contributed by atoms with E-state index < -0.39 is 0 Å². The summed E-state index contributed by atoms with van der Waals surface area (Å²) in [5, 5.41) is 3.19. The number of nitrogens with one attached hydrogen (secondary N) is 1. The van der Waals surface area contributed by atoms with Gasteiger partial charge in [0.05, 0.1) is 5.41 Å². The van der Waals surface area contributed by atoms with Crippen LogP contribution in [0.1, 0.15) is 66.9 Å². The normalized spacial score (nSPS) is 32.2. The molecular weight excluding hydrogens is 358 g/mol. The molecule has 0 radical (unpaired) electrons. The van der Waals surface area contributed by atoms with Crippen molar-refractivity contribution < 1.29 is 9.59 Å². The molecule has 0 heterocycles. The molecule has 6 rings (SSSR count). The number of amides is 1. The number of carbonyl (C=O) groups excluding carboxylic acids is 2. The van der Waals surface area contributed by atoms with Crippen LogP contribution in [0.3, 0.4) is 0 Å². The molecule has 4 saturated carbocycles. The van der Waals surface area contributed by atoms with Crippen LogP contribution in [-0.4, -0.2) is 11.7 Å². The molecule has 3 nitrogen and oxygen atoms in total. The van der Waals surface area contributed by atoms with Crippen molar-refractivity contribution >= 4 is 17.4 Å². The molecule has 0 saturated heterocycles. The number of Topliss-reactive ketones (excluding diaryl/α,β-unsaturated/α-hetero) is 1. The molecule has 1 N–H and O–H groups in total. The minimum Gasteiger partial charge on any atom is -0.326 e. The van der Waals surface area contributed by atoms with Gasteiger partial charge in [-0.3, -0.25) is 9.59 Å². The van der Waals surface area contributed by atoms with Crippen LogP contribution in [0, 0.1) is 24.2 Å². The Hall–Kier alpha value is -2.42. The number of benzene rings is 2. The van der Waals surface area contributed by atoms with Gasteiger partial charge in [0.15, 0.2) is 5.78 Å². The number of anilines is 1. The van der Waals surface area contributed by atoms with Crippen molar-refractivity contribution in [2.75, 3.05) is 5.32 Å². The average molecular weight is 388 g/mol. The molecule has 2 unspecified atom stereocenters. The molecule has 4 aliphatic rings. The summed E-state index contributed by atoms with van der Waals surface area (Å²) in [6.07, 6.45) is 6.76. The van der Waals surface area contributed by atoms with Crippen LogP contribution in [0.2, 0.25) is 0 Å². The molecule has 2 aromatic carbocycles. The number of carbonyl (C=O) groups is 2. The summed E-state index contributed by atoms with van der Waals surface area (Å²) in [5.74, 6) is 1.54. The predicted molar refractivity (Wildman–Crippen MR) is 115 cm³/mol. The van der Waals surface area contributed by atoms with Crippen molar-refractivity contribution in [2.24, 2.45) is 17.3 Å². The lowest BCUT2D eigenvalue weighted by molar-refractivity contribution is -0.143. The van der Waals surface area contributed by atoms with E-state index in [1.807, 2.05) is 12.1 Å². The molecule has 1 amide bonds. The minimum atomic E-state index is -0.256. The smallest absolute Gasteiger partial charge is 0.230 e. The molecule has 4 fully saturated rings. The lowest BCUT2D eigenvalue weighted by Crippen LogP contribution is -2.57. The lowest BCUT2D eigenvalue weighted by Gasteiger charge is -2.61. The first-order valence-electron chi connectivity index (χ1n) is 10.9. The maximum absolute atomic E-state index is 13.5. The summed E-state index contributed by atoms with van der Waals surface area (Å²) in [7, 11) is 0. The third-order valence-electron chi connectivity index (χ3n) is 7.76. The zero-order valence-corrected chi connectivity index (χ0v) is 17.3. The van der Waals surface area contributed by atoms with Gasteiger partial charge in [0, 0.05) is 11.3 Å². The van der Waals surface area contributed by atoms with Crippen LogP contribution in [0.5, 0.6) is 0 Å². The van der Waals surface area contributed by atoms with E-state index in [9.17, 15) is 9.59 Å². The summed E-state index contributed by atoms with van der Waals surface area (Å²) in [4.78, 5) is 25.0. The van der Waals surface area contributed by atoms with Crippen molar-refractivity contribution in [1.29, 1.82) is 0 Å². The molecular formula is C26H29NO2. The minimum absolute atomic E-state index is 0.0454. The molecule has 3 heteroatoms. The van der Waals surface area contributed by atoms with E-state index in [1.54, 1.807) is 19.1 Å². The third kappa shape index (κ3) is 3.11. The van der Waals surface area contributed by atoms with Gasteiger partial charge in [-0.2, -0.15) is 0 Å². The Labute approximate surface area is 172 Å². The van der Waals surface area contributed by atoms with E-state index in [1.165, 1.54) is 30.4 Å². The third-order valence-corrected chi connectivity index (χ3v) is 7.76.